The van der Waals surface area contributed by atoms with E-state index in [1.165, 1.54) is 41.7 Å². The van der Waals surface area contributed by atoms with Crippen molar-refractivity contribution in [2.75, 3.05) is 68.0 Å². The summed E-state index contributed by atoms with van der Waals surface area (Å²) in [7, 11) is 1.42. The van der Waals surface area contributed by atoms with E-state index in [1.807, 2.05) is 0 Å². The summed E-state index contributed by atoms with van der Waals surface area (Å²) in [6.07, 6.45) is 1.36. The molecule has 0 spiro atoms. The minimum Gasteiger partial charge on any atom is -0.289 e. The van der Waals surface area contributed by atoms with Crippen molar-refractivity contribution in [1.29, 1.82) is 0 Å². The first kappa shape index (κ1) is 21.4. The van der Waals surface area contributed by atoms with E-state index in [1.54, 1.807) is 0 Å². The zero-order chi connectivity index (χ0) is 20.0. The molecule has 5 unspecified atom stereocenters. The highest BCUT2D eigenvalue weighted by atomic mass is 32.2. The second kappa shape index (κ2) is 8.90. The molecule has 6 aliphatic rings. The van der Waals surface area contributed by atoms with E-state index in [4.69, 9.17) is 0 Å². The maximum atomic E-state index is 3.69. The van der Waals surface area contributed by atoms with Crippen molar-refractivity contribution in [2.45, 2.75) is 14.7 Å². The largest absolute Gasteiger partial charge is 0.289 e. The fraction of sp³-hybridized carbons (Fsp3) is 0.737. The average molecular weight is 507 g/mol. The molecule has 170 valence electrons. The van der Waals surface area contributed by atoms with Crippen LogP contribution >= 0.6 is 52.6 Å². The van der Waals surface area contributed by atoms with Crippen molar-refractivity contribution in [2.24, 2.45) is 0 Å². The van der Waals surface area contributed by atoms with E-state index in [0.29, 0.717) is 25.0 Å². The normalized spacial score (nSPS) is 48.9. The molecule has 6 rings (SSSR count). The summed E-state index contributed by atoms with van der Waals surface area (Å²) in [5.74, 6) is 6.58. The lowest BCUT2D eigenvalue weighted by molar-refractivity contribution is 0.511. The monoisotopic (exact) mass is 506 g/mol. The predicted molar refractivity (Wildman–Crippen MR) is 149 cm³/mol. The fourth-order valence-electron chi connectivity index (χ4n) is 5.60. The maximum Gasteiger partial charge on any atom is 0.138 e. The first-order valence-electron chi connectivity index (χ1n) is 11.0. The van der Waals surface area contributed by atoms with E-state index in [-0.39, 0.29) is 35.8 Å². The number of hydrogen-bond donors (Lipinski definition) is 5. The summed E-state index contributed by atoms with van der Waals surface area (Å²) in [5, 5.41) is 18.3. The summed E-state index contributed by atoms with van der Waals surface area (Å²) >= 11 is 0. The molecule has 0 bridgehead atoms. The van der Waals surface area contributed by atoms with Crippen molar-refractivity contribution in [3.8, 4) is 0 Å². The molecule has 5 atom stereocenters. The van der Waals surface area contributed by atoms with Gasteiger partial charge < -0.3 is 0 Å². The topological polar surface area (TPSA) is 63.4 Å². The van der Waals surface area contributed by atoms with Crippen LogP contribution in [0.4, 0.5) is 0 Å². The first-order valence-corrected chi connectivity index (χ1v) is 18.2. The average Bonchev–Trinajstić information content (AvgIpc) is 3.62. The molecule has 5 N–H and O–H groups in total. The van der Waals surface area contributed by atoms with Gasteiger partial charge in [0.2, 0.25) is 0 Å². The standard InChI is InChI=1S/C19H34N6S5/c1-7-25(30-12-6-24-17-30)19(28-10-4-22-15-28,29-11-5-23-16-29)18(1,26-8-2-20-13-26)27-9-3-21-14-27/h13-17,20-24H,1-12H2. The van der Waals surface area contributed by atoms with Crippen LogP contribution in [-0.2, 0) is 0 Å². The smallest absolute Gasteiger partial charge is 0.138 e. The lowest BCUT2D eigenvalue weighted by Crippen LogP contribution is -2.52. The predicted octanol–water partition coefficient (Wildman–Crippen LogP) is 0.116. The SMILES string of the molecule is C1=S(N2CCC(S3=CNCC3)(S3=CNCC3)C2(S2=CNCC2)S2=CNCC2)CCN1. The van der Waals surface area contributed by atoms with Crippen LogP contribution in [0.1, 0.15) is 6.42 Å². The highest BCUT2D eigenvalue weighted by Gasteiger charge is 2.66. The maximum absolute atomic E-state index is 3.69. The van der Waals surface area contributed by atoms with Gasteiger partial charge in [-0.1, -0.05) is 0 Å². The molecular formula is C19H34N6S5. The molecule has 0 radical (unpaired) electrons. The highest BCUT2D eigenvalue weighted by molar-refractivity contribution is 8.39. The number of nitrogens with one attached hydrogen (secondary N) is 5. The van der Waals surface area contributed by atoms with Crippen LogP contribution in [0.5, 0.6) is 0 Å². The summed E-state index contributed by atoms with van der Waals surface area (Å²) in [6.45, 7) is 7.05. The van der Waals surface area contributed by atoms with E-state index >= 15 is 0 Å². The van der Waals surface area contributed by atoms with Crippen LogP contribution < -0.4 is 26.6 Å². The van der Waals surface area contributed by atoms with Gasteiger partial charge in [-0.25, -0.2) is 4.31 Å². The lowest BCUT2D eigenvalue weighted by Gasteiger charge is -2.54. The van der Waals surface area contributed by atoms with Crippen molar-refractivity contribution < 1.29 is 0 Å². The molecule has 6 heterocycles. The zero-order valence-electron chi connectivity index (χ0n) is 17.4. The molecule has 0 saturated carbocycles. The Bertz CT molecular complexity index is 846. The van der Waals surface area contributed by atoms with E-state index < -0.39 is 0 Å². The van der Waals surface area contributed by atoms with Crippen LogP contribution in [0.2, 0.25) is 0 Å². The molecule has 1 fully saturated rings. The van der Waals surface area contributed by atoms with Crippen molar-refractivity contribution in [3.05, 3.63) is 0 Å². The van der Waals surface area contributed by atoms with Crippen LogP contribution in [0.15, 0.2) is 0 Å². The Labute approximate surface area is 192 Å². The third-order valence-corrected chi connectivity index (χ3v) is 21.8. The van der Waals surface area contributed by atoms with Gasteiger partial charge in [-0.2, -0.15) is 21.0 Å². The first-order chi connectivity index (χ1) is 14.9. The Morgan fingerprint density at radius 3 is 1.47 bits per heavy atom. The Hall–Kier alpha value is 0.860. The summed E-state index contributed by atoms with van der Waals surface area (Å²) in [4.78, 5) is 0. The van der Waals surface area contributed by atoms with E-state index in [0.717, 1.165) is 32.7 Å². The van der Waals surface area contributed by atoms with Crippen LogP contribution in [0.3, 0.4) is 0 Å². The molecule has 30 heavy (non-hydrogen) atoms. The molecule has 0 aromatic rings. The zero-order valence-corrected chi connectivity index (χ0v) is 21.4. The van der Waals surface area contributed by atoms with E-state index in [2.05, 4.69) is 58.3 Å². The molecule has 0 amide bonds. The van der Waals surface area contributed by atoms with Gasteiger partial charge in [-0.3, -0.25) is 26.6 Å². The van der Waals surface area contributed by atoms with Gasteiger partial charge in [0.25, 0.3) is 0 Å². The van der Waals surface area contributed by atoms with Crippen molar-refractivity contribution in [3.63, 3.8) is 0 Å². The molecule has 1 saturated heterocycles. The molecule has 11 heteroatoms. The minimum absolute atomic E-state index is 0.245. The van der Waals surface area contributed by atoms with Crippen molar-refractivity contribution in [1.82, 2.24) is 30.9 Å². The Morgan fingerprint density at radius 1 is 0.567 bits per heavy atom. The highest BCUT2D eigenvalue weighted by Crippen LogP contribution is 2.73. The van der Waals surface area contributed by atoms with Crippen LogP contribution in [-0.4, -0.2) is 108 Å². The lowest BCUT2D eigenvalue weighted by atomic mass is 10.3. The van der Waals surface area contributed by atoms with E-state index in [9.17, 15) is 0 Å². The molecule has 0 aromatic carbocycles. The van der Waals surface area contributed by atoms with Gasteiger partial charge in [-0.05, 0) is 6.42 Å². The third-order valence-electron chi connectivity index (χ3n) is 6.74. The number of rotatable bonds is 5. The van der Waals surface area contributed by atoms with Gasteiger partial charge in [-0.15, -0.1) is 31.6 Å². The molecular weight excluding hydrogens is 473 g/mol. The quantitative estimate of drug-likeness (QED) is 0.342. The molecule has 0 aliphatic carbocycles. The fourth-order valence-corrected chi connectivity index (χ4v) is 23.4. The van der Waals surface area contributed by atoms with Crippen LogP contribution in [0.25, 0.3) is 0 Å². The molecule has 6 aliphatic heterocycles. The van der Waals surface area contributed by atoms with Crippen LogP contribution in [0, 0.1) is 0 Å². The molecule has 6 nitrogen and oxygen atoms in total. The minimum atomic E-state index is 0.245. The van der Waals surface area contributed by atoms with Gasteiger partial charge in [0.1, 0.15) is 4.20 Å². The van der Waals surface area contributed by atoms with Gasteiger partial charge in [0, 0.05) is 95.5 Å². The Balaban J connectivity index is 1.64. The van der Waals surface area contributed by atoms with Gasteiger partial charge in [0.15, 0.2) is 0 Å². The summed E-state index contributed by atoms with van der Waals surface area (Å²) in [6, 6.07) is 0. The summed E-state index contributed by atoms with van der Waals surface area (Å²) < 4.78 is 3.69. The second-order valence-electron chi connectivity index (χ2n) is 8.18. The third kappa shape index (κ3) is 3.11. The second-order valence-corrected chi connectivity index (χ2v) is 19.2. The van der Waals surface area contributed by atoms with Gasteiger partial charge in [0.05, 0.1) is 4.08 Å². The number of hydrogen-bond acceptors (Lipinski definition) is 6. The summed E-state index contributed by atoms with van der Waals surface area (Å²) in [5.41, 5.74) is 12.7. The Kier molecular flexibility index (Phi) is 6.35. The Morgan fingerprint density at radius 2 is 1.03 bits per heavy atom. The van der Waals surface area contributed by atoms with Crippen molar-refractivity contribution >= 4 is 80.1 Å². The van der Waals surface area contributed by atoms with Gasteiger partial charge >= 0.3 is 0 Å². The molecule has 0 aromatic heterocycles. The number of nitrogens with zero attached hydrogens (tertiary/aromatic N) is 1.